The highest BCUT2D eigenvalue weighted by Crippen LogP contribution is 2.22. The van der Waals surface area contributed by atoms with Crippen LogP contribution in [-0.2, 0) is 0 Å². The number of halogens is 1. The summed E-state index contributed by atoms with van der Waals surface area (Å²) in [6.07, 6.45) is 0. The van der Waals surface area contributed by atoms with Gasteiger partial charge in [-0.1, -0.05) is 0 Å². The number of hydrogen-bond acceptors (Lipinski definition) is 5. The first kappa shape index (κ1) is 15.5. The predicted octanol–water partition coefficient (Wildman–Crippen LogP) is 3.44. The average molecular weight is 307 g/mol. The lowest BCUT2D eigenvalue weighted by molar-refractivity contribution is 0.340. The third-order valence-electron chi connectivity index (χ3n) is 3.07. The smallest absolute Gasteiger partial charge is 0.230 e. The molecule has 1 aromatic heterocycles. The second-order valence-corrected chi connectivity index (χ2v) is 4.70. The summed E-state index contributed by atoms with van der Waals surface area (Å²) in [4.78, 5) is 14.9. The van der Waals surface area contributed by atoms with Crippen LogP contribution < -0.4 is 9.64 Å². The number of ether oxygens (including phenoxy) is 1. The van der Waals surface area contributed by atoms with Crippen LogP contribution in [0.2, 0.25) is 5.28 Å². The highest BCUT2D eigenvalue weighted by atomic mass is 35.5. The van der Waals surface area contributed by atoms with Crippen LogP contribution in [0.4, 0.5) is 5.95 Å². The molecule has 0 aliphatic heterocycles. The number of rotatable bonds is 6. The van der Waals surface area contributed by atoms with Gasteiger partial charge in [-0.15, -0.1) is 0 Å². The minimum Gasteiger partial charge on any atom is -0.494 e. The minimum atomic E-state index is 0.204. The Hall–Kier alpha value is -1.88. The van der Waals surface area contributed by atoms with Crippen LogP contribution in [0.3, 0.4) is 0 Å². The van der Waals surface area contributed by atoms with Crippen molar-refractivity contribution in [1.82, 2.24) is 15.0 Å². The van der Waals surface area contributed by atoms with Gasteiger partial charge < -0.3 is 9.64 Å². The molecule has 0 saturated heterocycles. The molecule has 2 rings (SSSR count). The summed E-state index contributed by atoms with van der Waals surface area (Å²) in [6.45, 7) is 8.34. The van der Waals surface area contributed by atoms with E-state index in [1.54, 1.807) is 0 Å². The third-order valence-corrected chi connectivity index (χ3v) is 3.24. The lowest BCUT2D eigenvalue weighted by Crippen LogP contribution is -2.24. The molecule has 1 aromatic carbocycles. The van der Waals surface area contributed by atoms with Crippen LogP contribution in [-0.4, -0.2) is 34.6 Å². The van der Waals surface area contributed by atoms with Gasteiger partial charge in [-0.05, 0) is 56.6 Å². The molecular formula is C15H19ClN4O. The van der Waals surface area contributed by atoms with Crippen molar-refractivity contribution >= 4 is 17.5 Å². The molecule has 0 radical (unpaired) electrons. The Morgan fingerprint density at radius 1 is 1.00 bits per heavy atom. The zero-order chi connectivity index (χ0) is 15.2. The van der Waals surface area contributed by atoms with Crippen molar-refractivity contribution in [2.45, 2.75) is 20.8 Å². The molecule has 5 nitrogen and oxygen atoms in total. The molecule has 0 fully saturated rings. The van der Waals surface area contributed by atoms with E-state index in [9.17, 15) is 0 Å². The van der Waals surface area contributed by atoms with Crippen LogP contribution in [0.15, 0.2) is 24.3 Å². The lowest BCUT2D eigenvalue weighted by Gasteiger charge is -2.18. The summed E-state index contributed by atoms with van der Waals surface area (Å²) >= 11 is 6.03. The lowest BCUT2D eigenvalue weighted by atomic mass is 10.2. The van der Waals surface area contributed by atoms with E-state index in [0.717, 1.165) is 24.4 Å². The predicted molar refractivity (Wildman–Crippen MR) is 85.0 cm³/mol. The second-order valence-electron chi connectivity index (χ2n) is 4.36. The molecule has 0 aliphatic rings. The van der Waals surface area contributed by atoms with E-state index in [1.165, 1.54) is 0 Å². The molecule has 0 spiro atoms. The molecule has 2 aromatic rings. The van der Waals surface area contributed by atoms with Gasteiger partial charge >= 0.3 is 0 Å². The number of anilines is 1. The summed E-state index contributed by atoms with van der Waals surface area (Å²) in [7, 11) is 0. The molecule has 0 unspecified atom stereocenters. The van der Waals surface area contributed by atoms with E-state index in [-0.39, 0.29) is 5.28 Å². The number of hydrogen-bond donors (Lipinski definition) is 0. The van der Waals surface area contributed by atoms with Crippen LogP contribution in [0, 0.1) is 0 Å². The molecule has 6 heteroatoms. The van der Waals surface area contributed by atoms with Crippen molar-refractivity contribution < 1.29 is 4.74 Å². The molecular weight excluding hydrogens is 288 g/mol. The summed E-state index contributed by atoms with van der Waals surface area (Å²) in [6, 6.07) is 7.63. The third kappa shape index (κ3) is 3.82. The standard InChI is InChI=1S/C15H19ClN4O/c1-4-20(5-2)15-18-13(17-14(16)19-15)11-7-9-12(10-8-11)21-6-3/h7-10H,4-6H2,1-3H3. The van der Waals surface area contributed by atoms with Gasteiger partial charge in [0.05, 0.1) is 6.61 Å². The fraction of sp³-hybridized carbons (Fsp3) is 0.400. The van der Waals surface area contributed by atoms with E-state index in [2.05, 4.69) is 28.8 Å². The molecule has 0 atom stereocenters. The van der Waals surface area contributed by atoms with E-state index >= 15 is 0 Å². The Bertz CT molecular complexity index is 585. The first-order valence-electron chi connectivity index (χ1n) is 7.07. The maximum Gasteiger partial charge on any atom is 0.230 e. The molecule has 0 bridgehead atoms. The molecule has 0 saturated carbocycles. The summed E-state index contributed by atoms with van der Waals surface area (Å²) in [5.74, 6) is 1.99. The fourth-order valence-electron chi connectivity index (χ4n) is 1.98. The number of aromatic nitrogens is 3. The van der Waals surface area contributed by atoms with Gasteiger partial charge in [-0.2, -0.15) is 15.0 Å². The van der Waals surface area contributed by atoms with Crippen LogP contribution >= 0.6 is 11.6 Å². The van der Waals surface area contributed by atoms with Gasteiger partial charge in [0.15, 0.2) is 5.82 Å². The topological polar surface area (TPSA) is 51.1 Å². The summed E-state index contributed by atoms with van der Waals surface area (Å²) < 4.78 is 5.43. The van der Waals surface area contributed by atoms with Crippen molar-refractivity contribution in [2.75, 3.05) is 24.6 Å². The highest BCUT2D eigenvalue weighted by molar-refractivity contribution is 6.28. The number of nitrogens with zero attached hydrogens (tertiary/aromatic N) is 4. The molecule has 112 valence electrons. The van der Waals surface area contributed by atoms with Crippen LogP contribution in [0.25, 0.3) is 11.4 Å². The Kier molecular flexibility index (Phi) is 5.33. The normalized spacial score (nSPS) is 10.5. The Balaban J connectivity index is 2.34. The summed E-state index contributed by atoms with van der Waals surface area (Å²) in [5, 5.41) is 0.204. The SMILES string of the molecule is CCOc1ccc(-c2nc(Cl)nc(N(CC)CC)n2)cc1. The largest absolute Gasteiger partial charge is 0.494 e. The van der Waals surface area contributed by atoms with Gasteiger partial charge in [-0.3, -0.25) is 0 Å². The van der Waals surface area contributed by atoms with Gasteiger partial charge in [0.1, 0.15) is 5.75 Å². The maximum absolute atomic E-state index is 6.03. The zero-order valence-electron chi connectivity index (χ0n) is 12.5. The second kappa shape index (κ2) is 7.22. The van der Waals surface area contributed by atoms with Crippen molar-refractivity contribution in [3.8, 4) is 17.1 Å². The molecule has 0 aliphatic carbocycles. The van der Waals surface area contributed by atoms with E-state index < -0.39 is 0 Å². The molecule has 21 heavy (non-hydrogen) atoms. The van der Waals surface area contributed by atoms with E-state index in [4.69, 9.17) is 16.3 Å². The van der Waals surface area contributed by atoms with Crippen molar-refractivity contribution in [3.05, 3.63) is 29.5 Å². The first-order chi connectivity index (χ1) is 10.2. The Morgan fingerprint density at radius 3 is 2.24 bits per heavy atom. The fourth-order valence-corrected chi connectivity index (χ4v) is 2.14. The van der Waals surface area contributed by atoms with Crippen molar-refractivity contribution in [1.29, 1.82) is 0 Å². The maximum atomic E-state index is 6.03. The Morgan fingerprint density at radius 2 is 1.67 bits per heavy atom. The zero-order valence-corrected chi connectivity index (χ0v) is 13.3. The molecule has 0 N–H and O–H groups in total. The van der Waals surface area contributed by atoms with E-state index in [1.807, 2.05) is 36.1 Å². The summed E-state index contributed by atoms with van der Waals surface area (Å²) in [5.41, 5.74) is 0.885. The van der Waals surface area contributed by atoms with Gasteiger partial charge in [0, 0.05) is 18.7 Å². The molecule has 0 amide bonds. The number of benzene rings is 1. The van der Waals surface area contributed by atoms with Gasteiger partial charge in [-0.25, -0.2) is 0 Å². The van der Waals surface area contributed by atoms with E-state index in [0.29, 0.717) is 18.4 Å². The molecule has 1 heterocycles. The average Bonchev–Trinajstić information content (AvgIpc) is 2.49. The van der Waals surface area contributed by atoms with Gasteiger partial charge in [0.25, 0.3) is 0 Å². The van der Waals surface area contributed by atoms with Gasteiger partial charge in [0.2, 0.25) is 11.2 Å². The van der Waals surface area contributed by atoms with Crippen molar-refractivity contribution in [3.63, 3.8) is 0 Å². The monoisotopic (exact) mass is 306 g/mol. The van der Waals surface area contributed by atoms with Crippen molar-refractivity contribution in [2.24, 2.45) is 0 Å². The Labute approximate surface area is 130 Å². The highest BCUT2D eigenvalue weighted by Gasteiger charge is 2.11. The quantitative estimate of drug-likeness (QED) is 0.818. The van der Waals surface area contributed by atoms with Crippen LogP contribution in [0.1, 0.15) is 20.8 Å². The van der Waals surface area contributed by atoms with Crippen LogP contribution in [0.5, 0.6) is 5.75 Å². The first-order valence-corrected chi connectivity index (χ1v) is 7.45. The minimum absolute atomic E-state index is 0.204.